The number of carbonyl (C=O) groups is 1. The second-order valence-electron chi connectivity index (χ2n) is 5.34. The Morgan fingerprint density at radius 3 is 2.43 bits per heavy atom. The van der Waals surface area contributed by atoms with Crippen LogP contribution in [0.3, 0.4) is 0 Å². The molecule has 0 unspecified atom stereocenters. The predicted octanol–water partition coefficient (Wildman–Crippen LogP) is 4.02. The monoisotopic (exact) mass is 425 g/mol. The van der Waals surface area contributed by atoms with Crippen LogP contribution in [-0.2, 0) is 6.54 Å². The number of hydrogen-bond acceptors (Lipinski definition) is 3. The molecule has 0 spiro atoms. The number of ether oxygens (including phenoxy) is 2. The van der Waals surface area contributed by atoms with Crippen molar-refractivity contribution in [3.63, 3.8) is 0 Å². The lowest BCUT2D eigenvalue weighted by Gasteiger charge is -2.14. The Bertz CT molecular complexity index is 668. The molecule has 23 heavy (non-hydrogen) atoms. The van der Waals surface area contributed by atoms with Gasteiger partial charge in [0.1, 0.15) is 0 Å². The van der Waals surface area contributed by atoms with Gasteiger partial charge in [-0.3, -0.25) is 4.79 Å². The lowest BCUT2D eigenvalue weighted by atomic mass is 10.1. The van der Waals surface area contributed by atoms with Crippen LogP contribution in [0, 0.1) is 3.57 Å². The average Bonchev–Trinajstić information content (AvgIpc) is 2.53. The summed E-state index contributed by atoms with van der Waals surface area (Å²) in [5.74, 6) is 1.28. The fourth-order valence-corrected chi connectivity index (χ4v) is 2.42. The van der Waals surface area contributed by atoms with Gasteiger partial charge in [0.25, 0.3) is 5.91 Å². The second kappa shape index (κ2) is 8.19. The van der Waals surface area contributed by atoms with Gasteiger partial charge in [-0.05, 0) is 78.4 Å². The van der Waals surface area contributed by atoms with E-state index in [0.29, 0.717) is 23.6 Å². The first-order chi connectivity index (χ1) is 11.0. The van der Waals surface area contributed by atoms with Crippen LogP contribution in [0.15, 0.2) is 42.5 Å². The van der Waals surface area contributed by atoms with Crippen LogP contribution in [0.4, 0.5) is 0 Å². The molecule has 4 nitrogen and oxygen atoms in total. The molecule has 2 aromatic carbocycles. The normalized spacial score (nSPS) is 10.5. The smallest absolute Gasteiger partial charge is 0.251 e. The molecule has 5 heteroatoms. The van der Waals surface area contributed by atoms with Gasteiger partial charge in [0.15, 0.2) is 11.5 Å². The third-order valence-electron chi connectivity index (χ3n) is 3.15. The highest BCUT2D eigenvalue weighted by atomic mass is 127. The second-order valence-corrected chi connectivity index (χ2v) is 6.59. The van der Waals surface area contributed by atoms with Crippen LogP contribution >= 0.6 is 22.6 Å². The molecule has 0 saturated heterocycles. The van der Waals surface area contributed by atoms with Crippen molar-refractivity contribution in [1.29, 1.82) is 0 Å². The first-order valence-corrected chi connectivity index (χ1v) is 8.45. The van der Waals surface area contributed by atoms with Crippen molar-refractivity contribution in [2.24, 2.45) is 0 Å². The lowest BCUT2D eigenvalue weighted by Crippen LogP contribution is -2.22. The predicted molar refractivity (Wildman–Crippen MR) is 99.1 cm³/mol. The summed E-state index contributed by atoms with van der Waals surface area (Å²) >= 11 is 2.21. The van der Waals surface area contributed by atoms with Crippen LogP contribution in [0.25, 0.3) is 0 Å². The lowest BCUT2D eigenvalue weighted by molar-refractivity contribution is 0.0951. The zero-order valence-electron chi connectivity index (χ0n) is 13.4. The molecule has 0 radical (unpaired) electrons. The van der Waals surface area contributed by atoms with E-state index < -0.39 is 0 Å². The topological polar surface area (TPSA) is 47.6 Å². The highest BCUT2D eigenvalue weighted by Gasteiger charge is 2.09. The first kappa shape index (κ1) is 17.6. The van der Waals surface area contributed by atoms with Crippen LogP contribution < -0.4 is 14.8 Å². The molecular formula is C18H20INO3. The van der Waals surface area contributed by atoms with Gasteiger partial charge in [0, 0.05) is 15.7 Å². The molecule has 2 aromatic rings. The zero-order chi connectivity index (χ0) is 16.8. The van der Waals surface area contributed by atoms with Crippen LogP contribution in [-0.4, -0.2) is 19.1 Å². The van der Waals surface area contributed by atoms with E-state index in [9.17, 15) is 4.79 Å². The Balaban J connectivity index is 2.02. The molecule has 2 rings (SSSR count). The third-order valence-corrected chi connectivity index (χ3v) is 3.87. The van der Waals surface area contributed by atoms with Gasteiger partial charge in [-0.15, -0.1) is 0 Å². The molecule has 0 aliphatic rings. The summed E-state index contributed by atoms with van der Waals surface area (Å²) in [5.41, 5.74) is 1.61. The standard InChI is InChI=1S/C18H20INO3/c1-12(2)23-16-9-4-13(10-17(16)22-3)11-20-18(21)14-5-7-15(19)8-6-14/h4-10,12H,11H2,1-3H3,(H,20,21). The molecule has 122 valence electrons. The minimum Gasteiger partial charge on any atom is -0.493 e. The van der Waals surface area contributed by atoms with E-state index in [1.54, 1.807) is 7.11 Å². The molecule has 0 aromatic heterocycles. The molecule has 0 heterocycles. The summed E-state index contributed by atoms with van der Waals surface area (Å²) in [6.45, 7) is 4.37. The number of hydrogen-bond donors (Lipinski definition) is 1. The van der Waals surface area contributed by atoms with Crippen molar-refractivity contribution in [2.45, 2.75) is 26.5 Å². The third kappa shape index (κ3) is 5.13. The van der Waals surface area contributed by atoms with Gasteiger partial charge in [0.2, 0.25) is 0 Å². The van der Waals surface area contributed by atoms with Gasteiger partial charge >= 0.3 is 0 Å². The SMILES string of the molecule is COc1cc(CNC(=O)c2ccc(I)cc2)ccc1OC(C)C. The molecule has 0 aliphatic carbocycles. The molecule has 1 N–H and O–H groups in total. The fourth-order valence-electron chi connectivity index (χ4n) is 2.06. The number of amides is 1. The molecule has 0 atom stereocenters. The van der Waals surface area contributed by atoms with E-state index in [2.05, 4.69) is 27.9 Å². The van der Waals surface area contributed by atoms with Crippen LogP contribution in [0.2, 0.25) is 0 Å². The minimum absolute atomic E-state index is 0.0790. The summed E-state index contributed by atoms with van der Waals surface area (Å²) in [5, 5.41) is 2.91. The van der Waals surface area contributed by atoms with Crippen molar-refractivity contribution in [1.82, 2.24) is 5.32 Å². The molecule has 1 amide bonds. The molecular weight excluding hydrogens is 405 g/mol. The first-order valence-electron chi connectivity index (χ1n) is 7.37. The van der Waals surface area contributed by atoms with Crippen LogP contribution in [0.1, 0.15) is 29.8 Å². The van der Waals surface area contributed by atoms with E-state index in [0.717, 1.165) is 9.13 Å². The number of rotatable bonds is 6. The van der Waals surface area contributed by atoms with Crippen molar-refractivity contribution in [3.8, 4) is 11.5 Å². The number of carbonyl (C=O) groups excluding carboxylic acids is 1. The number of methoxy groups -OCH3 is 1. The molecule has 0 fully saturated rings. The quantitative estimate of drug-likeness (QED) is 0.712. The Hall–Kier alpha value is -1.76. The van der Waals surface area contributed by atoms with Gasteiger partial charge < -0.3 is 14.8 Å². The summed E-state index contributed by atoms with van der Waals surface area (Å²) in [4.78, 5) is 12.1. The minimum atomic E-state index is -0.0946. The number of halogens is 1. The fraction of sp³-hybridized carbons (Fsp3) is 0.278. The Labute approximate surface area is 150 Å². The van der Waals surface area contributed by atoms with Crippen LogP contribution in [0.5, 0.6) is 11.5 Å². The highest BCUT2D eigenvalue weighted by Crippen LogP contribution is 2.28. The summed E-state index contributed by atoms with van der Waals surface area (Å²) in [6, 6.07) is 13.1. The Kier molecular flexibility index (Phi) is 6.27. The maximum atomic E-state index is 12.1. The maximum absolute atomic E-state index is 12.1. The van der Waals surface area contributed by atoms with E-state index >= 15 is 0 Å². The molecule has 0 saturated carbocycles. The molecule has 0 aliphatic heterocycles. The summed E-state index contributed by atoms with van der Waals surface area (Å²) in [7, 11) is 1.61. The molecule has 0 bridgehead atoms. The average molecular weight is 425 g/mol. The van der Waals surface area contributed by atoms with E-state index in [4.69, 9.17) is 9.47 Å². The van der Waals surface area contributed by atoms with E-state index in [-0.39, 0.29) is 12.0 Å². The van der Waals surface area contributed by atoms with Crippen molar-refractivity contribution < 1.29 is 14.3 Å². The Morgan fingerprint density at radius 1 is 1.13 bits per heavy atom. The number of nitrogens with one attached hydrogen (secondary N) is 1. The van der Waals surface area contributed by atoms with Gasteiger partial charge in [-0.25, -0.2) is 0 Å². The van der Waals surface area contributed by atoms with Crippen molar-refractivity contribution in [3.05, 3.63) is 57.2 Å². The van der Waals surface area contributed by atoms with Crippen molar-refractivity contribution >= 4 is 28.5 Å². The zero-order valence-corrected chi connectivity index (χ0v) is 15.6. The van der Waals surface area contributed by atoms with Crippen molar-refractivity contribution in [2.75, 3.05) is 7.11 Å². The van der Waals surface area contributed by atoms with Gasteiger partial charge in [0.05, 0.1) is 13.2 Å². The Morgan fingerprint density at radius 2 is 1.83 bits per heavy atom. The van der Waals surface area contributed by atoms with Gasteiger partial charge in [-0.1, -0.05) is 6.07 Å². The highest BCUT2D eigenvalue weighted by molar-refractivity contribution is 14.1. The van der Waals surface area contributed by atoms with Gasteiger partial charge in [-0.2, -0.15) is 0 Å². The largest absolute Gasteiger partial charge is 0.493 e. The summed E-state index contributed by atoms with van der Waals surface area (Å²) < 4.78 is 12.1. The maximum Gasteiger partial charge on any atom is 0.251 e. The number of benzene rings is 2. The summed E-state index contributed by atoms with van der Waals surface area (Å²) in [6.07, 6.45) is 0.0790. The van der Waals surface area contributed by atoms with E-state index in [1.807, 2.05) is 56.3 Å². The van der Waals surface area contributed by atoms with E-state index in [1.165, 1.54) is 0 Å².